The van der Waals surface area contributed by atoms with Gasteiger partial charge in [-0.15, -0.1) is 0 Å². The number of hydrogen-bond acceptors (Lipinski definition) is 2. The Morgan fingerprint density at radius 2 is 2.21 bits per heavy atom. The minimum Gasteiger partial charge on any atom is -0.340 e. The first-order chi connectivity index (χ1) is 8.97. The van der Waals surface area contributed by atoms with Crippen LogP contribution in [0.15, 0.2) is 34.9 Å². The van der Waals surface area contributed by atoms with E-state index in [9.17, 15) is 4.79 Å². The van der Waals surface area contributed by atoms with Gasteiger partial charge in [-0.1, -0.05) is 17.7 Å². The van der Waals surface area contributed by atoms with Crippen molar-refractivity contribution < 1.29 is 4.79 Å². The number of amides is 1. The topological polar surface area (TPSA) is 46.9 Å². The number of halogens is 2. The number of pyridine rings is 1. The molecule has 2 aromatic heterocycles. The number of rotatable bonds is 3. The SMILES string of the molecule is CC(C)n1cc(Br)cc1C(=O)Nc1cccc(Cl)n1. The summed E-state index contributed by atoms with van der Waals surface area (Å²) in [5.41, 5.74) is 0.573. The minimum atomic E-state index is -0.214. The molecule has 2 rings (SSSR count). The Kier molecular flexibility index (Phi) is 4.27. The normalized spacial score (nSPS) is 10.8. The number of aromatic nitrogens is 2. The summed E-state index contributed by atoms with van der Waals surface area (Å²) in [5.74, 6) is 0.222. The molecule has 2 heterocycles. The van der Waals surface area contributed by atoms with Gasteiger partial charge in [0, 0.05) is 16.7 Å². The molecule has 0 atom stereocenters. The summed E-state index contributed by atoms with van der Waals surface area (Å²) in [6.45, 7) is 4.03. The van der Waals surface area contributed by atoms with E-state index in [0.29, 0.717) is 16.7 Å². The molecule has 100 valence electrons. The Morgan fingerprint density at radius 1 is 1.47 bits per heavy atom. The van der Waals surface area contributed by atoms with Gasteiger partial charge in [0.25, 0.3) is 5.91 Å². The average molecular weight is 343 g/mol. The van der Waals surface area contributed by atoms with Crippen LogP contribution < -0.4 is 5.32 Å². The molecule has 1 amide bonds. The molecule has 0 saturated heterocycles. The fourth-order valence-electron chi connectivity index (χ4n) is 1.71. The molecule has 6 heteroatoms. The molecule has 0 aromatic carbocycles. The van der Waals surface area contributed by atoms with Gasteiger partial charge in [-0.3, -0.25) is 4.79 Å². The largest absolute Gasteiger partial charge is 0.340 e. The van der Waals surface area contributed by atoms with Crippen LogP contribution in [0.25, 0.3) is 0 Å². The Hall–Kier alpha value is -1.33. The fraction of sp³-hybridized carbons (Fsp3) is 0.231. The van der Waals surface area contributed by atoms with E-state index in [1.807, 2.05) is 24.6 Å². The van der Waals surface area contributed by atoms with E-state index in [0.717, 1.165) is 4.47 Å². The Balaban J connectivity index is 2.25. The highest BCUT2D eigenvalue weighted by atomic mass is 79.9. The average Bonchev–Trinajstić information content (AvgIpc) is 2.71. The number of nitrogens with one attached hydrogen (secondary N) is 1. The summed E-state index contributed by atoms with van der Waals surface area (Å²) in [6.07, 6.45) is 1.88. The van der Waals surface area contributed by atoms with Crippen LogP contribution in [0.5, 0.6) is 0 Å². The van der Waals surface area contributed by atoms with E-state index >= 15 is 0 Å². The second kappa shape index (κ2) is 5.75. The second-order valence-corrected chi connectivity index (χ2v) is 5.65. The molecule has 19 heavy (non-hydrogen) atoms. The summed E-state index contributed by atoms with van der Waals surface area (Å²) in [6, 6.07) is 7.06. The van der Waals surface area contributed by atoms with E-state index in [4.69, 9.17) is 11.6 Å². The van der Waals surface area contributed by atoms with Gasteiger partial charge in [0.2, 0.25) is 0 Å². The number of hydrogen-bond donors (Lipinski definition) is 1. The first kappa shape index (κ1) is 14.1. The van der Waals surface area contributed by atoms with E-state index in [-0.39, 0.29) is 11.9 Å². The lowest BCUT2D eigenvalue weighted by molar-refractivity contribution is 0.101. The number of nitrogens with zero attached hydrogens (tertiary/aromatic N) is 2. The van der Waals surface area contributed by atoms with Gasteiger partial charge in [0.15, 0.2) is 0 Å². The van der Waals surface area contributed by atoms with Crippen molar-refractivity contribution in [3.63, 3.8) is 0 Å². The van der Waals surface area contributed by atoms with Crippen molar-refractivity contribution in [2.45, 2.75) is 19.9 Å². The molecular formula is C13H13BrClN3O. The molecule has 0 radical (unpaired) electrons. The lowest BCUT2D eigenvalue weighted by Crippen LogP contribution is -2.18. The molecule has 0 spiro atoms. The predicted octanol–water partition coefficient (Wildman–Crippen LogP) is 4.13. The molecule has 4 nitrogen and oxygen atoms in total. The van der Waals surface area contributed by atoms with Crippen LogP contribution in [0.4, 0.5) is 5.82 Å². The van der Waals surface area contributed by atoms with Gasteiger partial charge < -0.3 is 9.88 Å². The quantitative estimate of drug-likeness (QED) is 0.852. The van der Waals surface area contributed by atoms with Crippen molar-refractivity contribution in [2.24, 2.45) is 0 Å². The highest BCUT2D eigenvalue weighted by molar-refractivity contribution is 9.10. The summed E-state index contributed by atoms with van der Waals surface area (Å²) in [4.78, 5) is 16.3. The van der Waals surface area contributed by atoms with Crippen LogP contribution in [0, 0.1) is 0 Å². The molecule has 1 N–H and O–H groups in total. The lowest BCUT2D eigenvalue weighted by Gasteiger charge is -2.12. The summed E-state index contributed by atoms with van der Waals surface area (Å²) < 4.78 is 2.76. The highest BCUT2D eigenvalue weighted by Crippen LogP contribution is 2.20. The molecule has 0 aliphatic carbocycles. The maximum atomic E-state index is 12.2. The molecule has 0 fully saturated rings. The maximum absolute atomic E-state index is 12.2. The zero-order valence-corrected chi connectivity index (χ0v) is 12.9. The van der Waals surface area contributed by atoms with Gasteiger partial charge in [-0.25, -0.2) is 4.98 Å². The molecule has 0 aliphatic rings. The Bertz CT molecular complexity index is 610. The maximum Gasteiger partial charge on any atom is 0.273 e. The van der Waals surface area contributed by atoms with Crippen molar-refractivity contribution in [3.05, 3.63) is 45.8 Å². The van der Waals surface area contributed by atoms with Gasteiger partial charge in [-0.2, -0.15) is 0 Å². The monoisotopic (exact) mass is 341 g/mol. The van der Waals surface area contributed by atoms with Crippen LogP contribution >= 0.6 is 27.5 Å². The van der Waals surface area contributed by atoms with Crippen LogP contribution in [-0.2, 0) is 0 Å². The Labute approximate surface area is 124 Å². The number of carbonyl (C=O) groups is 1. The highest BCUT2D eigenvalue weighted by Gasteiger charge is 2.15. The Morgan fingerprint density at radius 3 is 2.84 bits per heavy atom. The molecule has 2 aromatic rings. The van der Waals surface area contributed by atoms with E-state index in [1.54, 1.807) is 24.3 Å². The van der Waals surface area contributed by atoms with Crippen molar-refractivity contribution in [2.75, 3.05) is 5.32 Å². The van der Waals surface area contributed by atoms with E-state index in [1.165, 1.54) is 0 Å². The van der Waals surface area contributed by atoms with Crippen LogP contribution in [-0.4, -0.2) is 15.5 Å². The first-order valence-electron chi connectivity index (χ1n) is 5.78. The zero-order chi connectivity index (χ0) is 14.0. The van der Waals surface area contributed by atoms with Crippen LogP contribution in [0.3, 0.4) is 0 Å². The third-order valence-electron chi connectivity index (χ3n) is 2.56. The molecule has 0 aliphatic heterocycles. The van der Waals surface area contributed by atoms with Crippen molar-refractivity contribution in [1.82, 2.24) is 9.55 Å². The summed E-state index contributed by atoms with van der Waals surface area (Å²) in [7, 11) is 0. The van der Waals surface area contributed by atoms with E-state index < -0.39 is 0 Å². The van der Waals surface area contributed by atoms with Crippen LogP contribution in [0.1, 0.15) is 30.4 Å². The van der Waals surface area contributed by atoms with Gasteiger partial charge in [-0.05, 0) is 48.0 Å². The second-order valence-electron chi connectivity index (χ2n) is 4.34. The third-order valence-corrected chi connectivity index (χ3v) is 3.21. The van der Waals surface area contributed by atoms with Gasteiger partial charge >= 0.3 is 0 Å². The molecular weight excluding hydrogens is 330 g/mol. The summed E-state index contributed by atoms with van der Waals surface area (Å²) in [5, 5.41) is 3.08. The predicted molar refractivity (Wildman–Crippen MR) is 79.7 cm³/mol. The molecule has 0 saturated carbocycles. The van der Waals surface area contributed by atoms with Crippen molar-refractivity contribution in [1.29, 1.82) is 0 Å². The van der Waals surface area contributed by atoms with Crippen LogP contribution in [0.2, 0.25) is 5.15 Å². The van der Waals surface area contributed by atoms with E-state index in [2.05, 4.69) is 26.2 Å². The minimum absolute atomic E-state index is 0.194. The van der Waals surface area contributed by atoms with Gasteiger partial charge in [0.1, 0.15) is 16.7 Å². The molecule has 0 bridgehead atoms. The smallest absolute Gasteiger partial charge is 0.273 e. The van der Waals surface area contributed by atoms with Gasteiger partial charge in [0.05, 0.1) is 0 Å². The third kappa shape index (κ3) is 3.36. The van der Waals surface area contributed by atoms with Crippen molar-refractivity contribution >= 4 is 39.3 Å². The number of carbonyl (C=O) groups excluding carboxylic acids is 1. The summed E-state index contributed by atoms with van der Waals surface area (Å²) >= 11 is 9.16. The number of anilines is 1. The lowest BCUT2D eigenvalue weighted by atomic mass is 10.3. The standard InChI is InChI=1S/C13H13BrClN3O/c1-8(2)18-7-9(14)6-10(18)13(19)17-12-5-3-4-11(15)16-12/h3-8H,1-2H3,(H,16,17,19). The zero-order valence-electron chi connectivity index (χ0n) is 10.5. The fourth-order valence-corrected chi connectivity index (χ4v) is 2.31. The first-order valence-corrected chi connectivity index (χ1v) is 6.96. The molecule has 0 unspecified atom stereocenters. The van der Waals surface area contributed by atoms with Crippen molar-refractivity contribution in [3.8, 4) is 0 Å².